The van der Waals surface area contributed by atoms with Crippen molar-refractivity contribution in [1.82, 2.24) is 10.2 Å². The second kappa shape index (κ2) is 6.36. The molecule has 1 aromatic rings. The molecule has 2 aliphatic rings. The van der Waals surface area contributed by atoms with Gasteiger partial charge in [-0.15, -0.1) is 0 Å². The van der Waals surface area contributed by atoms with Crippen molar-refractivity contribution in [2.75, 3.05) is 31.1 Å². The summed E-state index contributed by atoms with van der Waals surface area (Å²) >= 11 is 0. The van der Waals surface area contributed by atoms with Crippen LogP contribution < -0.4 is 16.0 Å². The van der Waals surface area contributed by atoms with Gasteiger partial charge in [0.2, 0.25) is 0 Å². The van der Waals surface area contributed by atoms with E-state index in [-0.39, 0.29) is 18.0 Å². The molecule has 0 radical (unpaired) electrons. The first-order valence-electron chi connectivity index (χ1n) is 7.87. The lowest BCUT2D eigenvalue weighted by molar-refractivity contribution is 0.0623. The second-order valence-corrected chi connectivity index (χ2v) is 5.81. The molecule has 0 aliphatic carbocycles. The van der Waals surface area contributed by atoms with Gasteiger partial charge >= 0.3 is 6.03 Å². The molecular weight excluding hydrogens is 280 g/mol. The summed E-state index contributed by atoms with van der Waals surface area (Å²) in [6, 6.07) is 7.32. The van der Waals surface area contributed by atoms with Crippen LogP contribution in [-0.4, -0.2) is 49.1 Å². The van der Waals surface area contributed by atoms with Gasteiger partial charge in [0.25, 0.3) is 5.91 Å². The van der Waals surface area contributed by atoms with Crippen molar-refractivity contribution in [3.05, 3.63) is 29.8 Å². The second-order valence-electron chi connectivity index (χ2n) is 5.81. The van der Waals surface area contributed by atoms with Crippen LogP contribution >= 0.6 is 0 Å². The first-order valence-corrected chi connectivity index (χ1v) is 7.87. The highest BCUT2D eigenvalue weighted by atomic mass is 16.2. The summed E-state index contributed by atoms with van der Waals surface area (Å²) in [5.74, 6) is 0.0348. The van der Waals surface area contributed by atoms with Crippen LogP contribution in [0.2, 0.25) is 0 Å². The summed E-state index contributed by atoms with van der Waals surface area (Å²) < 4.78 is 0. The molecule has 0 bridgehead atoms. The molecule has 0 unspecified atom stereocenters. The smallest absolute Gasteiger partial charge is 0.321 e. The Kier molecular flexibility index (Phi) is 4.29. The third-order valence-corrected chi connectivity index (χ3v) is 4.44. The molecule has 2 fully saturated rings. The third-order valence-electron chi connectivity index (χ3n) is 4.44. The van der Waals surface area contributed by atoms with Crippen molar-refractivity contribution >= 4 is 17.6 Å². The lowest BCUT2D eigenvalue weighted by Gasteiger charge is -2.35. The van der Waals surface area contributed by atoms with E-state index < -0.39 is 0 Å². The minimum Gasteiger partial charge on any atom is -0.336 e. The molecule has 2 aliphatic heterocycles. The van der Waals surface area contributed by atoms with Gasteiger partial charge in [0.1, 0.15) is 0 Å². The number of piperidine rings is 1. The van der Waals surface area contributed by atoms with Gasteiger partial charge in [-0.2, -0.15) is 0 Å². The van der Waals surface area contributed by atoms with Gasteiger partial charge in [0, 0.05) is 43.5 Å². The quantitative estimate of drug-likeness (QED) is 0.879. The van der Waals surface area contributed by atoms with Gasteiger partial charge in [-0.3, -0.25) is 9.69 Å². The molecule has 1 aromatic carbocycles. The molecule has 1 atom stereocenters. The molecule has 0 aromatic heterocycles. The van der Waals surface area contributed by atoms with Crippen molar-refractivity contribution in [3.63, 3.8) is 0 Å². The Morgan fingerprint density at radius 3 is 2.64 bits per heavy atom. The fraction of sp³-hybridized carbons (Fsp3) is 0.500. The normalized spacial score (nSPS) is 21.9. The van der Waals surface area contributed by atoms with Crippen LogP contribution in [0.25, 0.3) is 0 Å². The van der Waals surface area contributed by atoms with Crippen LogP contribution in [0.15, 0.2) is 24.3 Å². The van der Waals surface area contributed by atoms with Crippen molar-refractivity contribution < 1.29 is 9.59 Å². The van der Waals surface area contributed by atoms with Crippen LogP contribution in [0.3, 0.4) is 0 Å². The number of rotatable bonds is 3. The zero-order valence-electron chi connectivity index (χ0n) is 12.6. The number of nitrogens with two attached hydrogens (primary N) is 1. The Morgan fingerprint density at radius 1 is 1.23 bits per heavy atom. The van der Waals surface area contributed by atoms with E-state index in [1.165, 1.54) is 0 Å². The molecule has 0 saturated carbocycles. The summed E-state index contributed by atoms with van der Waals surface area (Å²) in [6.07, 6.45) is 3.15. The van der Waals surface area contributed by atoms with Gasteiger partial charge in [0.05, 0.1) is 0 Å². The summed E-state index contributed by atoms with van der Waals surface area (Å²) in [6.45, 7) is 2.60. The van der Waals surface area contributed by atoms with Gasteiger partial charge in [-0.1, -0.05) is 0 Å². The lowest BCUT2D eigenvalue weighted by Crippen LogP contribution is -2.47. The summed E-state index contributed by atoms with van der Waals surface area (Å²) in [5.41, 5.74) is 7.26. The van der Waals surface area contributed by atoms with Crippen LogP contribution in [0, 0.1) is 0 Å². The molecule has 3 N–H and O–H groups in total. The number of likely N-dealkylation sites (tertiary alicyclic amines) is 1. The summed E-state index contributed by atoms with van der Waals surface area (Å²) in [7, 11) is 0. The van der Waals surface area contributed by atoms with E-state index in [2.05, 4.69) is 5.32 Å². The topological polar surface area (TPSA) is 78.7 Å². The van der Waals surface area contributed by atoms with E-state index in [9.17, 15) is 9.59 Å². The Bertz CT molecular complexity index is 558. The maximum Gasteiger partial charge on any atom is 0.321 e. The van der Waals surface area contributed by atoms with Gasteiger partial charge in [0.15, 0.2) is 0 Å². The van der Waals surface area contributed by atoms with Crippen molar-refractivity contribution in [2.45, 2.75) is 25.3 Å². The predicted octanol–water partition coefficient (Wildman–Crippen LogP) is 1.17. The van der Waals surface area contributed by atoms with E-state index in [0.717, 1.165) is 31.5 Å². The maximum atomic E-state index is 12.6. The molecule has 2 heterocycles. The largest absolute Gasteiger partial charge is 0.336 e. The number of benzene rings is 1. The standard InChI is InChI=1S/C16H22N4O2/c17-11-14-3-1-2-9-19(14)15(21)12-4-6-13(7-5-12)20-10-8-18-16(20)22/h4-7,14H,1-3,8-11,17H2,(H,18,22)/t14-/m0/s1. The zero-order chi connectivity index (χ0) is 15.5. The van der Waals surface area contributed by atoms with Crippen molar-refractivity contribution in [2.24, 2.45) is 5.73 Å². The number of anilines is 1. The predicted molar refractivity (Wildman–Crippen MR) is 84.9 cm³/mol. The van der Waals surface area contributed by atoms with Crippen LogP contribution in [0.4, 0.5) is 10.5 Å². The van der Waals surface area contributed by atoms with Crippen LogP contribution in [0.5, 0.6) is 0 Å². The average Bonchev–Trinajstić information content (AvgIpc) is 3.00. The molecular formula is C16H22N4O2. The number of amides is 3. The van der Waals surface area contributed by atoms with E-state index in [1.807, 2.05) is 17.0 Å². The average molecular weight is 302 g/mol. The zero-order valence-corrected chi connectivity index (χ0v) is 12.6. The molecule has 3 amide bonds. The molecule has 2 saturated heterocycles. The van der Waals surface area contributed by atoms with Gasteiger partial charge in [-0.05, 0) is 43.5 Å². The van der Waals surface area contributed by atoms with Gasteiger partial charge < -0.3 is 16.0 Å². The maximum absolute atomic E-state index is 12.6. The molecule has 0 spiro atoms. The summed E-state index contributed by atoms with van der Waals surface area (Å²) in [5, 5.41) is 2.77. The number of carbonyl (C=O) groups excluding carboxylic acids is 2. The minimum atomic E-state index is -0.0849. The number of hydrogen-bond acceptors (Lipinski definition) is 3. The first-order chi connectivity index (χ1) is 10.7. The van der Waals surface area contributed by atoms with Gasteiger partial charge in [-0.25, -0.2) is 4.79 Å². The monoisotopic (exact) mass is 302 g/mol. The Morgan fingerprint density at radius 2 is 2.00 bits per heavy atom. The van der Waals surface area contributed by atoms with Crippen LogP contribution in [-0.2, 0) is 0 Å². The fourth-order valence-corrected chi connectivity index (χ4v) is 3.18. The highest BCUT2D eigenvalue weighted by Crippen LogP contribution is 2.21. The number of urea groups is 1. The highest BCUT2D eigenvalue weighted by Gasteiger charge is 2.27. The van der Waals surface area contributed by atoms with E-state index in [0.29, 0.717) is 25.2 Å². The molecule has 6 nitrogen and oxygen atoms in total. The summed E-state index contributed by atoms with van der Waals surface area (Å²) in [4.78, 5) is 27.9. The van der Waals surface area contributed by atoms with E-state index in [1.54, 1.807) is 17.0 Å². The van der Waals surface area contributed by atoms with Crippen molar-refractivity contribution in [3.8, 4) is 0 Å². The lowest BCUT2D eigenvalue weighted by atomic mass is 10.0. The van der Waals surface area contributed by atoms with Crippen LogP contribution in [0.1, 0.15) is 29.6 Å². The number of hydrogen-bond donors (Lipinski definition) is 2. The highest BCUT2D eigenvalue weighted by molar-refractivity contribution is 5.97. The third kappa shape index (κ3) is 2.78. The number of nitrogens with zero attached hydrogens (tertiary/aromatic N) is 2. The van der Waals surface area contributed by atoms with E-state index >= 15 is 0 Å². The first kappa shape index (κ1) is 14.8. The molecule has 3 rings (SSSR count). The minimum absolute atomic E-state index is 0.0348. The Balaban J connectivity index is 1.74. The SMILES string of the molecule is NC[C@@H]1CCCCN1C(=O)c1ccc(N2CCNC2=O)cc1. The Hall–Kier alpha value is -2.08. The molecule has 118 valence electrons. The molecule has 6 heteroatoms. The van der Waals surface area contributed by atoms with Crippen molar-refractivity contribution in [1.29, 1.82) is 0 Å². The number of nitrogens with one attached hydrogen (secondary N) is 1. The van der Waals surface area contributed by atoms with E-state index in [4.69, 9.17) is 5.73 Å². The number of carbonyl (C=O) groups is 2. The molecule has 22 heavy (non-hydrogen) atoms. The fourth-order valence-electron chi connectivity index (χ4n) is 3.18. The Labute approximate surface area is 130 Å².